The molecule has 0 saturated heterocycles. The number of nitrogens with one attached hydrogen (secondary N) is 1. The summed E-state index contributed by atoms with van der Waals surface area (Å²) in [5, 5.41) is 0. The monoisotopic (exact) mass is 384 g/mol. The molecule has 0 bridgehead atoms. The molecule has 2 nitrogen and oxygen atoms in total. The normalized spacial score (nSPS) is 27.7. The van der Waals surface area contributed by atoms with Crippen LogP contribution in [0.2, 0.25) is 0 Å². The first-order valence-electron chi connectivity index (χ1n) is 6.23. The van der Waals surface area contributed by atoms with E-state index in [0.29, 0.717) is 22.3 Å². The van der Waals surface area contributed by atoms with Gasteiger partial charge in [-0.05, 0) is 58.3 Å². The average molecular weight is 384 g/mol. The van der Waals surface area contributed by atoms with Gasteiger partial charge in [0, 0.05) is 16.5 Å². The highest BCUT2D eigenvalue weighted by Gasteiger charge is 2.35. The van der Waals surface area contributed by atoms with Crippen LogP contribution >= 0.6 is 21.0 Å². The molecule has 1 heterocycles. The first-order chi connectivity index (χ1) is 9.02. The molecule has 0 aliphatic heterocycles. The number of halogens is 4. The van der Waals surface area contributed by atoms with Gasteiger partial charge in [-0.2, -0.15) is 0 Å². The quantitative estimate of drug-likeness (QED) is 0.579. The Hall–Kier alpha value is -0.530. The topological polar surface area (TPSA) is 36.7 Å². The van der Waals surface area contributed by atoms with Crippen LogP contribution in [-0.2, 0) is 6.42 Å². The van der Waals surface area contributed by atoms with E-state index in [1.165, 1.54) is 12.3 Å². The molecule has 1 aromatic heterocycles. The summed E-state index contributed by atoms with van der Waals surface area (Å²) in [6.45, 7) is 0. The maximum atomic E-state index is 14.6. The Morgan fingerprint density at radius 3 is 2.53 bits per heavy atom. The van der Waals surface area contributed by atoms with Crippen LogP contribution in [0.3, 0.4) is 0 Å². The summed E-state index contributed by atoms with van der Waals surface area (Å²) in [5.41, 5.74) is -0.839. The molecule has 1 fully saturated rings. The average Bonchev–Trinajstić information content (AvgIpc) is 2.40. The molecule has 0 unspecified atom stereocenters. The molecule has 106 valence electrons. The van der Waals surface area contributed by atoms with Gasteiger partial charge in [0.15, 0.2) is 0 Å². The maximum absolute atomic E-state index is 14.6. The second-order valence-electron chi connectivity index (χ2n) is 5.00. The molecule has 0 atom stereocenters. The smallest absolute Gasteiger partial charge is 0.278 e. The van der Waals surface area contributed by atoms with Crippen molar-refractivity contribution in [2.45, 2.75) is 48.1 Å². The van der Waals surface area contributed by atoms with E-state index >= 15 is 0 Å². The maximum Gasteiger partial charge on any atom is 0.280 e. The van der Waals surface area contributed by atoms with Crippen molar-refractivity contribution in [1.82, 2.24) is 4.98 Å². The number of aromatic nitrogens is 1. The Labute approximate surface area is 120 Å². The van der Waals surface area contributed by atoms with E-state index in [2.05, 4.69) is 4.98 Å². The first-order valence-corrected chi connectivity index (χ1v) is 8.56. The molecule has 0 aromatic carbocycles. The van der Waals surface area contributed by atoms with E-state index < -0.39 is 33.1 Å². The second-order valence-corrected chi connectivity index (χ2v) is 7.39. The summed E-state index contributed by atoms with van der Waals surface area (Å²) in [7, 11) is 0. The molecule has 1 saturated carbocycles. The number of hydrogen-bond acceptors (Lipinski definition) is 2. The van der Waals surface area contributed by atoms with Crippen LogP contribution in [0.5, 0.6) is 0 Å². The summed E-state index contributed by atoms with van der Waals surface area (Å²) < 4.78 is 47.2. The SMILES string of the molecule is N=IC1CCC(F)(Cc2ccc(C(F)F)nc2)CC1. The van der Waals surface area contributed by atoms with E-state index in [1.54, 1.807) is 6.07 Å². The summed E-state index contributed by atoms with van der Waals surface area (Å²) >= 11 is -0.541. The summed E-state index contributed by atoms with van der Waals surface area (Å²) in [5.74, 6) is 0. The number of pyridine rings is 1. The van der Waals surface area contributed by atoms with Crippen LogP contribution in [0, 0.1) is 3.56 Å². The van der Waals surface area contributed by atoms with Crippen LogP contribution < -0.4 is 0 Å². The van der Waals surface area contributed by atoms with Crippen molar-refractivity contribution in [3.05, 3.63) is 29.6 Å². The van der Waals surface area contributed by atoms with Gasteiger partial charge in [-0.25, -0.2) is 13.2 Å². The molecule has 19 heavy (non-hydrogen) atoms. The zero-order valence-corrected chi connectivity index (χ0v) is 12.5. The lowest BCUT2D eigenvalue weighted by molar-refractivity contribution is 0.111. The fraction of sp³-hybridized carbons (Fsp3) is 0.615. The van der Waals surface area contributed by atoms with Crippen LogP contribution in [0.1, 0.15) is 43.4 Å². The minimum Gasteiger partial charge on any atom is -0.278 e. The standard InChI is InChI=1S/C13H16F3IN2/c14-12(15)11-2-1-9(8-19-11)7-13(16)5-3-10(17-18)4-6-13/h1-2,8,10,12,18H,3-7H2. The summed E-state index contributed by atoms with van der Waals surface area (Å²) in [6, 6.07) is 2.81. The van der Waals surface area contributed by atoms with Crippen molar-refractivity contribution in [3.63, 3.8) is 0 Å². The van der Waals surface area contributed by atoms with Gasteiger partial charge in [-0.15, -0.1) is 0 Å². The fourth-order valence-electron chi connectivity index (χ4n) is 2.42. The van der Waals surface area contributed by atoms with Gasteiger partial charge >= 0.3 is 0 Å². The van der Waals surface area contributed by atoms with E-state index in [-0.39, 0.29) is 12.1 Å². The Morgan fingerprint density at radius 2 is 2.05 bits per heavy atom. The largest absolute Gasteiger partial charge is 0.280 e. The Kier molecular flexibility index (Phi) is 4.92. The number of alkyl halides is 4. The van der Waals surface area contributed by atoms with Crippen molar-refractivity contribution in [2.24, 2.45) is 0 Å². The highest BCUT2D eigenvalue weighted by Crippen LogP contribution is 2.38. The third-order valence-electron chi connectivity index (χ3n) is 3.56. The molecule has 1 N–H and O–H groups in total. The number of rotatable bonds is 4. The van der Waals surface area contributed by atoms with Gasteiger partial charge in [0.2, 0.25) is 0 Å². The lowest BCUT2D eigenvalue weighted by Crippen LogP contribution is -2.32. The predicted molar refractivity (Wildman–Crippen MR) is 75.7 cm³/mol. The zero-order valence-electron chi connectivity index (χ0n) is 10.4. The molecular weight excluding hydrogens is 368 g/mol. The molecule has 6 heteroatoms. The fourth-order valence-corrected chi connectivity index (χ4v) is 3.67. The van der Waals surface area contributed by atoms with Gasteiger partial charge in [-0.3, -0.25) is 8.55 Å². The van der Waals surface area contributed by atoms with Crippen molar-refractivity contribution in [3.8, 4) is 0 Å². The summed E-state index contributed by atoms with van der Waals surface area (Å²) in [6.07, 6.45) is 1.55. The lowest BCUT2D eigenvalue weighted by atomic mass is 9.82. The third-order valence-corrected chi connectivity index (χ3v) is 5.68. The highest BCUT2D eigenvalue weighted by molar-refractivity contribution is 14.1. The molecule has 0 spiro atoms. The van der Waals surface area contributed by atoms with Crippen LogP contribution in [0.25, 0.3) is 0 Å². The molecule has 0 amide bonds. The highest BCUT2D eigenvalue weighted by atomic mass is 127. The Balaban J connectivity index is 1.98. The second kappa shape index (κ2) is 6.28. The van der Waals surface area contributed by atoms with Crippen molar-refractivity contribution >= 4 is 21.0 Å². The van der Waals surface area contributed by atoms with Crippen molar-refractivity contribution < 1.29 is 13.2 Å². The van der Waals surface area contributed by atoms with Crippen LogP contribution in [-0.4, -0.2) is 14.6 Å². The Bertz CT molecular complexity index is 428. The molecule has 1 aliphatic carbocycles. The van der Waals surface area contributed by atoms with Gasteiger partial charge < -0.3 is 0 Å². The van der Waals surface area contributed by atoms with Crippen LogP contribution in [0.4, 0.5) is 13.2 Å². The molecule has 2 rings (SSSR count). The van der Waals surface area contributed by atoms with Gasteiger partial charge in [0.1, 0.15) is 11.4 Å². The molecule has 1 aromatic rings. The minimum atomic E-state index is -2.58. The van der Waals surface area contributed by atoms with E-state index in [4.69, 9.17) is 3.56 Å². The predicted octanol–water partition coefficient (Wildman–Crippen LogP) is 4.95. The van der Waals surface area contributed by atoms with E-state index in [1.807, 2.05) is 0 Å². The number of hydrogen-bond donors (Lipinski definition) is 1. The Morgan fingerprint density at radius 1 is 1.37 bits per heavy atom. The zero-order chi connectivity index (χ0) is 13.9. The van der Waals surface area contributed by atoms with Gasteiger partial charge in [0.25, 0.3) is 6.43 Å². The minimum absolute atomic E-state index is 0.243. The van der Waals surface area contributed by atoms with Crippen LogP contribution in [0.15, 0.2) is 18.3 Å². The molecule has 0 radical (unpaired) electrons. The van der Waals surface area contributed by atoms with E-state index in [0.717, 1.165) is 12.8 Å². The molecule has 1 aliphatic rings. The van der Waals surface area contributed by atoms with E-state index in [9.17, 15) is 13.2 Å². The van der Waals surface area contributed by atoms with Gasteiger partial charge in [-0.1, -0.05) is 6.07 Å². The van der Waals surface area contributed by atoms with Crippen molar-refractivity contribution in [1.29, 1.82) is 3.56 Å². The lowest BCUT2D eigenvalue weighted by Gasteiger charge is -2.32. The first kappa shape index (κ1) is 14.9. The number of nitrogens with zero attached hydrogens (tertiary/aromatic N) is 1. The summed E-state index contributed by atoms with van der Waals surface area (Å²) in [4.78, 5) is 3.66. The third kappa shape index (κ3) is 3.97. The van der Waals surface area contributed by atoms with Crippen molar-refractivity contribution in [2.75, 3.05) is 0 Å². The van der Waals surface area contributed by atoms with Gasteiger partial charge in [0.05, 0.1) is 0 Å². The molecular formula is C13H16F3IN2.